The SMILES string of the molecule is Cc1nc(C)c(CN(CC(=O)O)C(C)C)s1. The summed E-state index contributed by atoms with van der Waals surface area (Å²) in [7, 11) is 0. The van der Waals surface area contributed by atoms with Crippen LogP contribution in [-0.2, 0) is 11.3 Å². The lowest BCUT2D eigenvalue weighted by atomic mass is 10.3. The Morgan fingerprint density at radius 1 is 1.50 bits per heavy atom. The largest absolute Gasteiger partial charge is 0.480 e. The third-order valence-corrected chi connectivity index (χ3v) is 3.47. The van der Waals surface area contributed by atoms with Crippen molar-refractivity contribution in [2.45, 2.75) is 40.3 Å². The summed E-state index contributed by atoms with van der Waals surface area (Å²) in [6.07, 6.45) is 0. The molecule has 5 heteroatoms. The molecule has 0 aliphatic carbocycles. The van der Waals surface area contributed by atoms with Gasteiger partial charge in [-0.15, -0.1) is 11.3 Å². The third kappa shape index (κ3) is 3.57. The smallest absolute Gasteiger partial charge is 0.317 e. The maximum absolute atomic E-state index is 10.7. The molecule has 0 unspecified atom stereocenters. The fourth-order valence-electron chi connectivity index (χ4n) is 1.50. The van der Waals surface area contributed by atoms with E-state index in [-0.39, 0.29) is 12.6 Å². The molecular formula is C11H18N2O2S. The number of carboxylic acids is 1. The number of carboxylic acid groups (broad SMARTS) is 1. The predicted octanol–water partition coefficient (Wildman–Crippen LogP) is 2.05. The van der Waals surface area contributed by atoms with Crippen molar-refractivity contribution in [1.29, 1.82) is 0 Å². The van der Waals surface area contributed by atoms with Crippen molar-refractivity contribution in [2.24, 2.45) is 0 Å². The van der Waals surface area contributed by atoms with E-state index in [4.69, 9.17) is 5.11 Å². The van der Waals surface area contributed by atoms with Gasteiger partial charge in [0.05, 0.1) is 17.2 Å². The quantitative estimate of drug-likeness (QED) is 0.858. The Morgan fingerprint density at radius 2 is 2.12 bits per heavy atom. The van der Waals surface area contributed by atoms with Crippen LogP contribution in [0.3, 0.4) is 0 Å². The summed E-state index contributed by atoms with van der Waals surface area (Å²) in [5.41, 5.74) is 1.01. The van der Waals surface area contributed by atoms with Crippen LogP contribution in [0.1, 0.15) is 29.4 Å². The Hall–Kier alpha value is -0.940. The fourth-order valence-corrected chi connectivity index (χ4v) is 2.46. The van der Waals surface area contributed by atoms with Gasteiger partial charge in [0.25, 0.3) is 0 Å². The number of carbonyl (C=O) groups is 1. The number of rotatable bonds is 5. The van der Waals surface area contributed by atoms with Gasteiger partial charge in [-0.25, -0.2) is 4.98 Å². The average Bonchev–Trinajstić information content (AvgIpc) is 2.43. The van der Waals surface area contributed by atoms with Gasteiger partial charge in [-0.3, -0.25) is 9.69 Å². The Labute approximate surface area is 99.9 Å². The normalized spacial score (nSPS) is 11.4. The molecule has 1 heterocycles. The second-order valence-electron chi connectivity index (χ2n) is 4.13. The zero-order chi connectivity index (χ0) is 12.3. The molecular weight excluding hydrogens is 224 g/mol. The van der Waals surface area contributed by atoms with Gasteiger partial charge >= 0.3 is 5.97 Å². The van der Waals surface area contributed by atoms with Crippen molar-refractivity contribution in [3.05, 3.63) is 15.6 Å². The third-order valence-electron chi connectivity index (χ3n) is 2.41. The van der Waals surface area contributed by atoms with Gasteiger partial charge in [0.1, 0.15) is 0 Å². The van der Waals surface area contributed by atoms with Crippen molar-refractivity contribution in [3.8, 4) is 0 Å². The molecule has 0 aromatic carbocycles. The summed E-state index contributed by atoms with van der Waals surface area (Å²) in [5.74, 6) is -0.785. The maximum atomic E-state index is 10.7. The lowest BCUT2D eigenvalue weighted by Crippen LogP contribution is -2.35. The summed E-state index contributed by atoms with van der Waals surface area (Å²) in [6, 6.07) is 0.220. The van der Waals surface area contributed by atoms with E-state index >= 15 is 0 Å². The molecule has 0 saturated heterocycles. The van der Waals surface area contributed by atoms with E-state index in [0.717, 1.165) is 15.6 Å². The zero-order valence-corrected chi connectivity index (χ0v) is 11.0. The van der Waals surface area contributed by atoms with Crippen molar-refractivity contribution < 1.29 is 9.90 Å². The van der Waals surface area contributed by atoms with E-state index in [2.05, 4.69) is 4.98 Å². The van der Waals surface area contributed by atoms with Crippen molar-refractivity contribution in [1.82, 2.24) is 9.88 Å². The van der Waals surface area contributed by atoms with Gasteiger partial charge in [0.15, 0.2) is 0 Å². The van der Waals surface area contributed by atoms with Crippen LogP contribution in [0, 0.1) is 13.8 Å². The summed E-state index contributed by atoms with van der Waals surface area (Å²) in [6.45, 7) is 8.70. The Bertz CT molecular complexity index is 374. The summed E-state index contributed by atoms with van der Waals surface area (Å²) < 4.78 is 0. The van der Waals surface area contributed by atoms with Crippen LogP contribution in [0.25, 0.3) is 0 Å². The molecule has 0 aliphatic rings. The molecule has 0 bridgehead atoms. The van der Waals surface area contributed by atoms with Crippen molar-refractivity contribution >= 4 is 17.3 Å². The first-order chi connectivity index (χ1) is 7.40. The van der Waals surface area contributed by atoms with E-state index < -0.39 is 5.97 Å². The summed E-state index contributed by atoms with van der Waals surface area (Å²) >= 11 is 1.64. The van der Waals surface area contributed by atoms with E-state index in [0.29, 0.717) is 6.54 Å². The van der Waals surface area contributed by atoms with Crippen LogP contribution >= 0.6 is 11.3 Å². The first-order valence-corrected chi connectivity index (χ1v) is 6.10. The molecule has 1 aromatic rings. The Balaban J connectivity index is 2.75. The van der Waals surface area contributed by atoms with Crippen LogP contribution < -0.4 is 0 Å². The van der Waals surface area contributed by atoms with Crippen molar-refractivity contribution in [3.63, 3.8) is 0 Å². The standard InChI is InChI=1S/C11H18N2O2S/c1-7(2)13(6-11(14)15)5-10-8(3)12-9(4)16-10/h7H,5-6H2,1-4H3,(H,14,15). The first-order valence-electron chi connectivity index (χ1n) is 5.29. The molecule has 16 heavy (non-hydrogen) atoms. The van der Waals surface area contributed by atoms with Gasteiger partial charge in [-0.2, -0.15) is 0 Å². The Kier molecular flexibility index (Phi) is 4.44. The minimum Gasteiger partial charge on any atom is -0.480 e. The van der Waals surface area contributed by atoms with Gasteiger partial charge in [0, 0.05) is 17.5 Å². The summed E-state index contributed by atoms with van der Waals surface area (Å²) in [4.78, 5) is 18.2. The highest BCUT2D eigenvalue weighted by Crippen LogP contribution is 2.20. The molecule has 0 amide bonds. The van der Waals surface area contributed by atoms with Gasteiger partial charge in [-0.05, 0) is 27.7 Å². The van der Waals surface area contributed by atoms with Gasteiger partial charge in [0.2, 0.25) is 0 Å². The van der Waals surface area contributed by atoms with E-state index in [1.165, 1.54) is 0 Å². The van der Waals surface area contributed by atoms with Crippen LogP contribution in [-0.4, -0.2) is 33.5 Å². The molecule has 0 fully saturated rings. The molecule has 90 valence electrons. The van der Waals surface area contributed by atoms with Gasteiger partial charge in [-0.1, -0.05) is 0 Å². The lowest BCUT2D eigenvalue weighted by molar-refractivity contribution is -0.138. The minimum atomic E-state index is -0.785. The monoisotopic (exact) mass is 242 g/mol. The Morgan fingerprint density at radius 3 is 2.50 bits per heavy atom. The second kappa shape index (κ2) is 5.41. The van der Waals surface area contributed by atoms with Crippen molar-refractivity contribution in [2.75, 3.05) is 6.54 Å². The van der Waals surface area contributed by atoms with Crippen LogP contribution in [0.15, 0.2) is 0 Å². The molecule has 0 aliphatic heterocycles. The molecule has 1 N–H and O–H groups in total. The lowest BCUT2D eigenvalue weighted by Gasteiger charge is -2.23. The molecule has 0 radical (unpaired) electrons. The topological polar surface area (TPSA) is 53.4 Å². The number of nitrogens with zero attached hydrogens (tertiary/aromatic N) is 2. The van der Waals surface area contributed by atoms with E-state index in [9.17, 15) is 4.79 Å². The number of aromatic nitrogens is 1. The zero-order valence-electron chi connectivity index (χ0n) is 10.1. The number of aliphatic carboxylic acids is 1. The average molecular weight is 242 g/mol. The highest BCUT2D eigenvalue weighted by atomic mass is 32.1. The maximum Gasteiger partial charge on any atom is 0.317 e. The molecule has 0 spiro atoms. The summed E-state index contributed by atoms with van der Waals surface area (Å²) in [5, 5.41) is 9.87. The highest BCUT2D eigenvalue weighted by molar-refractivity contribution is 7.11. The molecule has 0 atom stereocenters. The second-order valence-corrected chi connectivity index (χ2v) is 5.42. The number of aryl methyl sites for hydroxylation is 2. The predicted molar refractivity (Wildman–Crippen MR) is 64.8 cm³/mol. The van der Waals surface area contributed by atoms with Crippen LogP contribution in [0.5, 0.6) is 0 Å². The molecule has 1 aromatic heterocycles. The fraction of sp³-hybridized carbons (Fsp3) is 0.636. The highest BCUT2D eigenvalue weighted by Gasteiger charge is 2.16. The number of thiazole rings is 1. The van der Waals surface area contributed by atoms with Crippen LogP contribution in [0.2, 0.25) is 0 Å². The number of hydrogen-bond donors (Lipinski definition) is 1. The van der Waals surface area contributed by atoms with Gasteiger partial charge < -0.3 is 5.11 Å². The van der Waals surface area contributed by atoms with Crippen LogP contribution in [0.4, 0.5) is 0 Å². The first kappa shape index (κ1) is 13.1. The molecule has 0 saturated carbocycles. The molecule has 4 nitrogen and oxygen atoms in total. The van der Waals surface area contributed by atoms with E-state index in [1.807, 2.05) is 32.6 Å². The number of hydrogen-bond acceptors (Lipinski definition) is 4. The van der Waals surface area contributed by atoms with E-state index in [1.54, 1.807) is 11.3 Å². The minimum absolute atomic E-state index is 0.0774. The molecule has 1 rings (SSSR count).